The number of aromatic nitrogens is 1. The van der Waals surface area contributed by atoms with E-state index in [9.17, 15) is 14.3 Å². The lowest BCUT2D eigenvalue weighted by Gasteiger charge is -2.42. The van der Waals surface area contributed by atoms with E-state index >= 15 is 0 Å². The van der Waals surface area contributed by atoms with Crippen molar-refractivity contribution in [3.63, 3.8) is 0 Å². The zero-order valence-electron chi connectivity index (χ0n) is 20.0. The van der Waals surface area contributed by atoms with E-state index in [-0.39, 0.29) is 23.9 Å². The van der Waals surface area contributed by atoms with Crippen molar-refractivity contribution in [2.45, 2.75) is 69.1 Å². The number of anilines is 2. The van der Waals surface area contributed by atoms with Crippen molar-refractivity contribution in [3.8, 4) is 0 Å². The fraction of sp³-hybridized carbons (Fsp3) is 0.519. The SMILES string of the molecule is O=C([C@H]1CC[C@H](Nc2cccnc2F)CC1)N1CCC(O)(CC2CC=NN2c2ccccc2)CC1. The highest BCUT2D eigenvalue weighted by molar-refractivity contribution is 5.79. The normalized spacial score (nSPS) is 26.1. The number of benzene rings is 1. The predicted octanol–water partition coefficient (Wildman–Crippen LogP) is 4.20. The summed E-state index contributed by atoms with van der Waals surface area (Å²) in [4.78, 5) is 18.8. The average molecular weight is 480 g/mol. The van der Waals surface area contributed by atoms with Gasteiger partial charge in [0.1, 0.15) is 0 Å². The van der Waals surface area contributed by atoms with Gasteiger partial charge in [-0.2, -0.15) is 9.49 Å². The molecule has 1 saturated carbocycles. The molecular formula is C27H34FN5O2. The van der Waals surface area contributed by atoms with Crippen LogP contribution in [-0.4, -0.2) is 57.9 Å². The first kappa shape index (κ1) is 23.7. The quantitative estimate of drug-likeness (QED) is 0.607. The van der Waals surface area contributed by atoms with Crippen molar-refractivity contribution >= 4 is 23.5 Å². The maximum atomic E-state index is 13.8. The van der Waals surface area contributed by atoms with E-state index in [0.29, 0.717) is 38.0 Å². The van der Waals surface area contributed by atoms with Gasteiger partial charge in [-0.15, -0.1) is 0 Å². The van der Waals surface area contributed by atoms with Gasteiger partial charge in [-0.05, 0) is 69.2 Å². The monoisotopic (exact) mass is 479 g/mol. The summed E-state index contributed by atoms with van der Waals surface area (Å²) in [7, 11) is 0. The van der Waals surface area contributed by atoms with E-state index in [0.717, 1.165) is 37.8 Å². The van der Waals surface area contributed by atoms with Crippen molar-refractivity contribution in [1.82, 2.24) is 9.88 Å². The molecule has 0 bridgehead atoms. The molecule has 7 nitrogen and oxygen atoms in total. The molecule has 5 rings (SSSR count). The molecule has 0 spiro atoms. The number of pyridine rings is 1. The molecule has 1 saturated heterocycles. The number of hydrogen-bond acceptors (Lipinski definition) is 6. The molecule has 35 heavy (non-hydrogen) atoms. The summed E-state index contributed by atoms with van der Waals surface area (Å²) in [6.45, 7) is 1.18. The third-order valence-corrected chi connectivity index (χ3v) is 7.77. The molecule has 3 heterocycles. The Bertz CT molecular complexity index is 1030. The average Bonchev–Trinajstić information content (AvgIpc) is 3.34. The Labute approximate surface area is 206 Å². The molecule has 1 aromatic carbocycles. The summed E-state index contributed by atoms with van der Waals surface area (Å²) in [6.07, 6.45) is 9.27. The van der Waals surface area contributed by atoms with Gasteiger partial charge in [0.05, 0.1) is 23.0 Å². The smallest absolute Gasteiger partial charge is 0.236 e. The number of hydrazone groups is 1. The lowest BCUT2D eigenvalue weighted by molar-refractivity contribution is -0.141. The van der Waals surface area contributed by atoms with E-state index in [1.54, 1.807) is 12.1 Å². The van der Waals surface area contributed by atoms with Crippen molar-refractivity contribution in [1.29, 1.82) is 0 Å². The van der Waals surface area contributed by atoms with Crippen molar-refractivity contribution in [3.05, 3.63) is 54.6 Å². The first-order chi connectivity index (χ1) is 17.0. The standard InChI is InChI=1S/C27H34FN5O2/c28-25-24(7-4-15-29-25)31-21-10-8-20(9-11-21)26(34)32-17-13-27(35,14-18-32)19-23-12-16-30-33(23)22-5-2-1-3-6-22/h1-7,15-16,20-21,23,31,35H,8-14,17-19H2/t20-,21-,23?. The third-order valence-electron chi connectivity index (χ3n) is 7.77. The molecule has 8 heteroatoms. The van der Waals surface area contributed by atoms with E-state index in [1.165, 1.54) is 6.20 Å². The van der Waals surface area contributed by atoms with Crippen molar-refractivity contribution < 1.29 is 14.3 Å². The number of halogens is 1. The van der Waals surface area contributed by atoms with Crippen LogP contribution in [0.2, 0.25) is 0 Å². The first-order valence-electron chi connectivity index (χ1n) is 12.8. The number of nitrogens with one attached hydrogen (secondary N) is 1. The predicted molar refractivity (Wildman–Crippen MR) is 135 cm³/mol. The Kier molecular flexibility index (Phi) is 7.00. The summed E-state index contributed by atoms with van der Waals surface area (Å²) in [5.41, 5.74) is 0.687. The highest BCUT2D eigenvalue weighted by Crippen LogP contribution is 2.35. The molecule has 1 atom stereocenters. The van der Waals surface area contributed by atoms with Crippen LogP contribution < -0.4 is 10.3 Å². The van der Waals surface area contributed by atoms with Crippen LogP contribution in [0.3, 0.4) is 0 Å². The maximum Gasteiger partial charge on any atom is 0.236 e. The van der Waals surface area contributed by atoms with Gasteiger partial charge in [0, 0.05) is 43.9 Å². The van der Waals surface area contributed by atoms with Crippen LogP contribution in [0.5, 0.6) is 0 Å². The summed E-state index contributed by atoms with van der Waals surface area (Å²) >= 11 is 0. The van der Waals surface area contributed by atoms with Crippen LogP contribution in [-0.2, 0) is 4.79 Å². The second-order valence-electron chi connectivity index (χ2n) is 10.2. The van der Waals surface area contributed by atoms with E-state index in [2.05, 4.69) is 15.4 Å². The highest BCUT2D eigenvalue weighted by atomic mass is 19.1. The molecule has 186 valence electrons. The molecule has 1 unspecified atom stereocenters. The second-order valence-corrected chi connectivity index (χ2v) is 10.2. The zero-order valence-corrected chi connectivity index (χ0v) is 20.0. The van der Waals surface area contributed by atoms with Gasteiger partial charge in [-0.1, -0.05) is 18.2 Å². The van der Waals surface area contributed by atoms with Gasteiger partial charge in [0.15, 0.2) is 0 Å². The summed E-state index contributed by atoms with van der Waals surface area (Å²) < 4.78 is 13.8. The lowest BCUT2D eigenvalue weighted by atomic mass is 9.82. The van der Waals surface area contributed by atoms with Gasteiger partial charge >= 0.3 is 0 Å². The number of hydrogen-bond donors (Lipinski definition) is 2. The van der Waals surface area contributed by atoms with Crippen LogP contribution in [0.25, 0.3) is 0 Å². The molecule has 2 aromatic rings. The largest absolute Gasteiger partial charge is 0.390 e. The Morgan fingerprint density at radius 3 is 2.54 bits per heavy atom. The van der Waals surface area contributed by atoms with Gasteiger partial charge in [0.25, 0.3) is 0 Å². The van der Waals surface area contributed by atoms with Crippen LogP contribution in [0.15, 0.2) is 53.8 Å². The number of carbonyl (C=O) groups excluding carboxylic acids is 1. The molecule has 2 fully saturated rings. The minimum Gasteiger partial charge on any atom is -0.390 e. The third kappa shape index (κ3) is 5.48. The molecule has 0 radical (unpaired) electrons. The number of nitrogens with zero attached hydrogens (tertiary/aromatic N) is 4. The fourth-order valence-electron chi connectivity index (χ4n) is 5.72. The Hall–Kier alpha value is -3.00. The zero-order chi connectivity index (χ0) is 24.3. The molecule has 2 aliphatic heterocycles. The number of carbonyl (C=O) groups is 1. The van der Waals surface area contributed by atoms with Gasteiger partial charge in [-0.3, -0.25) is 9.80 Å². The fourth-order valence-corrected chi connectivity index (χ4v) is 5.72. The molecule has 2 N–H and O–H groups in total. The Balaban J connectivity index is 1.09. The van der Waals surface area contributed by atoms with Crippen LogP contribution in [0, 0.1) is 11.9 Å². The number of rotatable bonds is 6. The minimum absolute atomic E-state index is 0.00907. The van der Waals surface area contributed by atoms with Gasteiger partial charge < -0.3 is 15.3 Å². The number of likely N-dealkylation sites (tertiary alicyclic amines) is 1. The molecule has 1 aliphatic carbocycles. The summed E-state index contributed by atoms with van der Waals surface area (Å²) in [5.74, 6) is -0.273. The van der Waals surface area contributed by atoms with Crippen molar-refractivity contribution in [2.24, 2.45) is 11.0 Å². The Morgan fingerprint density at radius 2 is 1.83 bits per heavy atom. The number of para-hydroxylation sites is 1. The summed E-state index contributed by atoms with van der Waals surface area (Å²) in [6, 6.07) is 13.8. The topological polar surface area (TPSA) is 81.1 Å². The lowest BCUT2D eigenvalue weighted by Crippen LogP contribution is -2.51. The molecule has 3 aliphatic rings. The summed E-state index contributed by atoms with van der Waals surface area (Å²) in [5, 5.41) is 21.1. The van der Waals surface area contributed by atoms with Crippen LogP contribution in [0.4, 0.5) is 15.8 Å². The highest BCUT2D eigenvalue weighted by Gasteiger charge is 2.40. The van der Waals surface area contributed by atoms with Gasteiger partial charge in [-0.25, -0.2) is 4.98 Å². The maximum absolute atomic E-state index is 13.8. The number of aliphatic hydroxyl groups is 1. The number of piperidine rings is 1. The van der Waals surface area contributed by atoms with Crippen LogP contribution >= 0.6 is 0 Å². The van der Waals surface area contributed by atoms with Crippen molar-refractivity contribution in [2.75, 3.05) is 23.4 Å². The van der Waals surface area contributed by atoms with Gasteiger partial charge in [0.2, 0.25) is 11.9 Å². The molecule has 1 aromatic heterocycles. The van der Waals surface area contributed by atoms with Crippen LogP contribution in [0.1, 0.15) is 51.4 Å². The van der Waals surface area contributed by atoms with E-state index in [1.807, 2.05) is 46.5 Å². The first-order valence-corrected chi connectivity index (χ1v) is 12.8. The minimum atomic E-state index is -0.780. The van der Waals surface area contributed by atoms with E-state index in [4.69, 9.17) is 0 Å². The second kappa shape index (κ2) is 10.3. The van der Waals surface area contributed by atoms with E-state index < -0.39 is 11.5 Å². The number of amides is 1. The molecular weight excluding hydrogens is 445 g/mol. The molecule has 1 amide bonds. The Morgan fingerprint density at radius 1 is 1.09 bits per heavy atom.